The lowest BCUT2D eigenvalue weighted by Gasteiger charge is -2.25. The van der Waals surface area contributed by atoms with Gasteiger partial charge in [-0.05, 0) is 26.0 Å². The zero-order valence-electron chi connectivity index (χ0n) is 15.9. The van der Waals surface area contributed by atoms with Crippen LogP contribution in [-0.4, -0.2) is 32.0 Å². The molecule has 1 aromatic heterocycles. The van der Waals surface area contributed by atoms with E-state index in [1.807, 2.05) is 19.9 Å². The molecule has 9 heteroatoms. The number of nitro benzene ring substituents is 1. The number of hydrogen-bond donors (Lipinski definition) is 0. The predicted molar refractivity (Wildman–Crippen MR) is 107 cm³/mol. The molecule has 0 aliphatic carbocycles. The molecule has 8 nitrogen and oxygen atoms in total. The van der Waals surface area contributed by atoms with E-state index >= 15 is 0 Å². The highest BCUT2D eigenvalue weighted by Crippen LogP contribution is 2.27. The molecule has 0 N–H and O–H groups in total. The number of rotatable bonds is 7. The maximum absolute atomic E-state index is 12.9. The van der Waals surface area contributed by atoms with Gasteiger partial charge in [0.2, 0.25) is 17.7 Å². The first-order valence-electron chi connectivity index (χ1n) is 8.96. The molecule has 29 heavy (non-hydrogen) atoms. The van der Waals surface area contributed by atoms with Gasteiger partial charge < -0.3 is 9.32 Å². The minimum Gasteiger partial charge on any atom is -0.419 e. The number of para-hydroxylation sites is 1. The van der Waals surface area contributed by atoms with Crippen LogP contribution in [-0.2, 0) is 17.8 Å². The average Bonchev–Trinajstić information content (AvgIpc) is 3.15. The fourth-order valence-corrected chi connectivity index (χ4v) is 3.08. The van der Waals surface area contributed by atoms with E-state index in [9.17, 15) is 14.9 Å². The SMILES string of the molecule is CC(C)N(Cc1nnc(-c2ccccc2Cl)o1)C(=O)Cc1ccccc1[N+](=O)[O-]. The highest BCUT2D eigenvalue weighted by Gasteiger charge is 2.24. The second-order valence-electron chi connectivity index (χ2n) is 6.66. The normalized spacial score (nSPS) is 10.9. The molecule has 0 aliphatic rings. The van der Waals surface area contributed by atoms with Crippen molar-refractivity contribution in [2.24, 2.45) is 0 Å². The Bertz CT molecular complexity index is 1030. The Labute approximate surface area is 172 Å². The standard InChI is InChI=1S/C20H19ClN4O4/c1-13(2)24(19(26)11-14-7-3-6-10-17(14)25(27)28)12-18-22-23-20(29-18)15-8-4-5-9-16(15)21/h3-10,13H,11-12H2,1-2H3. The van der Waals surface area contributed by atoms with Gasteiger partial charge in [-0.3, -0.25) is 14.9 Å². The maximum atomic E-state index is 12.9. The number of nitro groups is 1. The van der Waals surface area contributed by atoms with E-state index in [0.717, 1.165) is 0 Å². The predicted octanol–water partition coefficient (Wildman–Crippen LogP) is 4.28. The largest absolute Gasteiger partial charge is 0.419 e. The van der Waals surface area contributed by atoms with Crippen molar-refractivity contribution >= 4 is 23.2 Å². The Balaban J connectivity index is 1.78. The minimum atomic E-state index is -0.490. The summed E-state index contributed by atoms with van der Waals surface area (Å²) in [5.41, 5.74) is 0.883. The summed E-state index contributed by atoms with van der Waals surface area (Å²) in [6.07, 6.45) is -0.0964. The zero-order valence-corrected chi connectivity index (χ0v) is 16.7. The number of amides is 1. The highest BCUT2D eigenvalue weighted by molar-refractivity contribution is 6.33. The van der Waals surface area contributed by atoms with Gasteiger partial charge in [-0.25, -0.2) is 0 Å². The number of halogens is 1. The fraction of sp³-hybridized carbons (Fsp3) is 0.250. The lowest BCUT2D eigenvalue weighted by molar-refractivity contribution is -0.385. The number of hydrogen-bond acceptors (Lipinski definition) is 6. The molecule has 0 fully saturated rings. The van der Waals surface area contributed by atoms with Crippen LogP contribution in [0.3, 0.4) is 0 Å². The van der Waals surface area contributed by atoms with E-state index in [0.29, 0.717) is 16.1 Å². The summed E-state index contributed by atoms with van der Waals surface area (Å²) < 4.78 is 5.68. The molecule has 0 saturated heterocycles. The molecule has 2 aromatic carbocycles. The van der Waals surface area contributed by atoms with E-state index in [1.54, 1.807) is 41.3 Å². The summed E-state index contributed by atoms with van der Waals surface area (Å²) in [4.78, 5) is 25.1. The Kier molecular flexibility index (Phi) is 6.23. The molecule has 150 valence electrons. The van der Waals surface area contributed by atoms with Crippen molar-refractivity contribution in [3.8, 4) is 11.5 Å². The van der Waals surface area contributed by atoms with Gasteiger partial charge in [-0.1, -0.05) is 41.9 Å². The maximum Gasteiger partial charge on any atom is 0.273 e. The molecule has 0 atom stereocenters. The van der Waals surface area contributed by atoms with Gasteiger partial charge in [0.05, 0.1) is 28.5 Å². The summed E-state index contributed by atoms with van der Waals surface area (Å²) in [6.45, 7) is 3.79. The van der Waals surface area contributed by atoms with E-state index in [-0.39, 0.29) is 42.4 Å². The third kappa shape index (κ3) is 4.78. The van der Waals surface area contributed by atoms with Gasteiger partial charge in [0, 0.05) is 17.7 Å². The third-order valence-electron chi connectivity index (χ3n) is 4.35. The first kappa shape index (κ1) is 20.5. The topological polar surface area (TPSA) is 102 Å². The van der Waals surface area contributed by atoms with Gasteiger partial charge >= 0.3 is 0 Å². The van der Waals surface area contributed by atoms with Gasteiger partial charge in [0.15, 0.2) is 0 Å². The van der Waals surface area contributed by atoms with E-state index in [4.69, 9.17) is 16.0 Å². The molecule has 0 aliphatic heterocycles. The number of carbonyl (C=O) groups excluding carboxylic acids is 1. The lowest BCUT2D eigenvalue weighted by atomic mass is 10.1. The fourth-order valence-electron chi connectivity index (χ4n) is 2.87. The minimum absolute atomic E-state index is 0.0802. The van der Waals surface area contributed by atoms with Crippen molar-refractivity contribution in [2.75, 3.05) is 0 Å². The van der Waals surface area contributed by atoms with Crippen LogP contribution in [0.4, 0.5) is 5.69 Å². The molecule has 3 aromatic rings. The molecule has 1 amide bonds. The van der Waals surface area contributed by atoms with Gasteiger partial charge in [-0.2, -0.15) is 0 Å². The third-order valence-corrected chi connectivity index (χ3v) is 4.68. The Morgan fingerprint density at radius 2 is 1.86 bits per heavy atom. The molecule has 0 saturated carbocycles. The Morgan fingerprint density at radius 1 is 1.17 bits per heavy atom. The van der Waals surface area contributed by atoms with E-state index < -0.39 is 4.92 Å². The highest BCUT2D eigenvalue weighted by atomic mass is 35.5. The van der Waals surface area contributed by atoms with E-state index in [1.165, 1.54) is 6.07 Å². The number of aromatic nitrogens is 2. The summed E-state index contributed by atoms with van der Waals surface area (Å²) in [6, 6.07) is 13.1. The second kappa shape index (κ2) is 8.83. The molecule has 0 bridgehead atoms. The number of nitrogens with zero attached hydrogens (tertiary/aromatic N) is 4. The van der Waals surface area contributed by atoms with Gasteiger partial charge in [0.25, 0.3) is 5.69 Å². The Morgan fingerprint density at radius 3 is 2.55 bits per heavy atom. The zero-order chi connectivity index (χ0) is 21.0. The smallest absolute Gasteiger partial charge is 0.273 e. The second-order valence-corrected chi connectivity index (χ2v) is 7.07. The Hall–Kier alpha value is -3.26. The first-order chi connectivity index (χ1) is 13.9. The quantitative estimate of drug-likeness (QED) is 0.422. The summed E-state index contributed by atoms with van der Waals surface area (Å²) >= 11 is 6.16. The summed E-state index contributed by atoms with van der Waals surface area (Å²) in [5, 5.41) is 19.7. The first-order valence-corrected chi connectivity index (χ1v) is 9.33. The van der Waals surface area contributed by atoms with Crippen molar-refractivity contribution in [3.05, 3.63) is 75.1 Å². The van der Waals surface area contributed by atoms with Crippen LogP contribution < -0.4 is 0 Å². The molecule has 0 radical (unpaired) electrons. The van der Waals surface area contributed by atoms with Crippen LogP contribution in [0.15, 0.2) is 52.9 Å². The van der Waals surface area contributed by atoms with Crippen molar-refractivity contribution in [1.82, 2.24) is 15.1 Å². The molecule has 3 rings (SSSR count). The van der Waals surface area contributed by atoms with Crippen molar-refractivity contribution in [2.45, 2.75) is 32.9 Å². The number of benzene rings is 2. The average molecular weight is 415 g/mol. The number of carbonyl (C=O) groups is 1. The summed E-state index contributed by atoms with van der Waals surface area (Å²) in [7, 11) is 0. The van der Waals surface area contributed by atoms with Crippen LogP contribution in [0, 0.1) is 10.1 Å². The van der Waals surface area contributed by atoms with Gasteiger partial charge in [-0.15, -0.1) is 10.2 Å². The van der Waals surface area contributed by atoms with Gasteiger partial charge in [0.1, 0.15) is 0 Å². The van der Waals surface area contributed by atoms with Crippen LogP contribution in [0.5, 0.6) is 0 Å². The van der Waals surface area contributed by atoms with Crippen LogP contribution in [0.25, 0.3) is 11.5 Å². The van der Waals surface area contributed by atoms with Crippen molar-refractivity contribution in [1.29, 1.82) is 0 Å². The van der Waals surface area contributed by atoms with Crippen LogP contribution in [0.1, 0.15) is 25.3 Å². The van der Waals surface area contributed by atoms with Crippen molar-refractivity contribution in [3.63, 3.8) is 0 Å². The van der Waals surface area contributed by atoms with Crippen LogP contribution >= 0.6 is 11.6 Å². The van der Waals surface area contributed by atoms with Crippen LogP contribution in [0.2, 0.25) is 5.02 Å². The van der Waals surface area contributed by atoms with E-state index in [2.05, 4.69) is 10.2 Å². The molecule has 1 heterocycles. The summed E-state index contributed by atoms with van der Waals surface area (Å²) in [5.74, 6) is 0.247. The molecular formula is C20H19ClN4O4. The molecule has 0 unspecified atom stereocenters. The molecule has 0 spiro atoms. The lowest BCUT2D eigenvalue weighted by Crippen LogP contribution is -2.37. The monoisotopic (exact) mass is 414 g/mol. The van der Waals surface area contributed by atoms with Crippen molar-refractivity contribution < 1.29 is 14.1 Å². The molecular weight excluding hydrogens is 396 g/mol.